The predicted molar refractivity (Wildman–Crippen MR) is 53.5 cm³/mol. The monoisotopic (exact) mass is 196 g/mol. The number of H-pyrrole nitrogens is 1. The first kappa shape index (κ1) is 9.54. The molecular formula is C8H9ClN4. The van der Waals surface area contributed by atoms with E-state index >= 15 is 0 Å². The Balaban J connectivity index is 0.000000845. The molecule has 0 unspecified atom stereocenters. The Labute approximate surface area is 81.6 Å². The van der Waals surface area contributed by atoms with E-state index < -0.39 is 0 Å². The minimum absolute atomic E-state index is 0. The van der Waals surface area contributed by atoms with Crippen LogP contribution in [-0.2, 0) is 0 Å². The van der Waals surface area contributed by atoms with Crippen LogP contribution in [0.15, 0.2) is 30.5 Å². The van der Waals surface area contributed by atoms with Crippen LogP contribution < -0.4 is 5.73 Å². The molecule has 2 heterocycles. The maximum atomic E-state index is 5.45. The van der Waals surface area contributed by atoms with Gasteiger partial charge in [0.1, 0.15) is 5.82 Å². The summed E-state index contributed by atoms with van der Waals surface area (Å²) in [6.07, 6.45) is 1.73. The van der Waals surface area contributed by atoms with E-state index in [1.54, 1.807) is 12.3 Å². The van der Waals surface area contributed by atoms with Gasteiger partial charge in [-0.2, -0.15) is 5.10 Å². The number of nitrogens with one attached hydrogen (secondary N) is 1. The van der Waals surface area contributed by atoms with E-state index in [9.17, 15) is 0 Å². The van der Waals surface area contributed by atoms with Gasteiger partial charge in [-0.3, -0.25) is 10.1 Å². The minimum atomic E-state index is 0. The van der Waals surface area contributed by atoms with Gasteiger partial charge in [-0.25, -0.2) is 0 Å². The fraction of sp³-hybridized carbons (Fsp3) is 0. The molecule has 0 fully saturated rings. The largest absolute Gasteiger partial charge is 0.382 e. The Morgan fingerprint density at radius 2 is 2.15 bits per heavy atom. The van der Waals surface area contributed by atoms with Crippen LogP contribution >= 0.6 is 12.4 Å². The molecule has 0 radical (unpaired) electrons. The number of aromatic amines is 1. The summed E-state index contributed by atoms with van der Waals surface area (Å²) in [4.78, 5) is 4.14. The first-order chi connectivity index (χ1) is 5.86. The topological polar surface area (TPSA) is 67.6 Å². The molecule has 0 aliphatic carbocycles. The van der Waals surface area contributed by atoms with Crippen molar-refractivity contribution in [2.24, 2.45) is 0 Å². The SMILES string of the molecule is Cl.Nc1cc(-c2ccccn2)[nH]n1. The third-order valence-corrected chi connectivity index (χ3v) is 1.54. The van der Waals surface area contributed by atoms with E-state index in [-0.39, 0.29) is 12.4 Å². The van der Waals surface area contributed by atoms with Gasteiger partial charge in [-0.05, 0) is 12.1 Å². The highest BCUT2D eigenvalue weighted by Crippen LogP contribution is 2.14. The van der Waals surface area contributed by atoms with Crippen LogP contribution in [0.2, 0.25) is 0 Å². The lowest BCUT2D eigenvalue weighted by atomic mass is 10.3. The van der Waals surface area contributed by atoms with Crippen molar-refractivity contribution in [1.82, 2.24) is 15.2 Å². The fourth-order valence-electron chi connectivity index (χ4n) is 0.991. The number of pyridine rings is 1. The maximum Gasteiger partial charge on any atom is 0.145 e. The number of nitrogen functional groups attached to an aromatic ring is 1. The van der Waals surface area contributed by atoms with Crippen molar-refractivity contribution in [1.29, 1.82) is 0 Å². The summed E-state index contributed by atoms with van der Waals surface area (Å²) in [5.74, 6) is 0.482. The smallest absolute Gasteiger partial charge is 0.145 e. The van der Waals surface area contributed by atoms with Gasteiger partial charge in [0.15, 0.2) is 0 Å². The second-order valence-corrected chi connectivity index (χ2v) is 2.42. The number of anilines is 1. The number of rotatable bonds is 1. The molecule has 3 N–H and O–H groups in total. The lowest BCUT2D eigenvalue weighted by Gasteiger charge is -1.92. The summed E-state index contributed by atoms with van der Waals surface area (Å²) >= 11 is 0. The molecule has 0 aliphatic heterocycles. The summed E-state index contributed by atoms with van der Waals surface area (Å²) < 4.78 is 0. The van der Waals surface area contributed by atoms with E-state index in [1.165, 1.54) is 0 Å². The average molecular weight is 197 g/mol. The van der Waals surface area contributed by atoms with Gasteiger partial charge in [0.2, 0.25) is 0 Å². The molecule has 0 atom stereocenters. The zero-order chi connectivity index (χ0) is 8.39. The summed E-state index contributed by atoms with van der Waals surface area (Å²) in [5.41, 5.74) is 7.14. The predicted octanol–water partition coefficient (Wildman–Crippen LogP) is 1.48. The highest BCUT2D eigenvalue weighted by molar-refractivity contribution is 5.85. The van der Waals surface area contributed by atoms with E-state index in [0.29, 0.717) is 5.82 Å². The van der Waals surface area contributed by atoms with Gasteiger partial charge in [-0.1, -0.05) is 6.07 Å². The molecule has 5 heteroatoms. The number of halogens is 1. The van der Waals surface area contributed by atoms with Crippen molar-refractivity contribution in [2.45, 2.75) is 0 Å². The first-order valence-corrected chi connectivity index (χ1v) is 3.58. The third kappa shape index (κ3) is 1.97. The summed E-state index contributed by atoms with van der Waals surface area (Å²) in [5, 5.41) is 6.59. The Morgan fingerprint density at radius 3 is 2.69 bits per heavy atom. The molecule has 2 aromatic rings. The first-order valence-electron chi connectivity index (χ1n) is 3.58. The molecular weight excluding hydrogens is 188 g/mol. The van der Waals surface area contributed by atoms with Gasteiger partial charge < -0.3 is 5.73 Å². The Kier molecular flexibility index (Phi) is 2.87. The molecule has 0 saturated heterocycles. The van der Waals surface area contributed by atoms with Gasteiger partial charge in [-0.15, -0.1) is 12.4 Å². The van der Waals surface area contributed by atoms with Gasteiger partial charge in [0.05, 0.1) is 11.4 Å². The highest BCUT2D eigenvalue weighted by atomic mass is 35.5. The van der Waals surface area contributed by atoms with Crippen molar-refractivity contribution in [2.75, 3.05) is 5.73 Å². The molecule has 2 aromatic heterocycles. The zero-order valence-corrected chi connectivity index (χ0v) is 7.58. The number of hydrogen-bond donors (Lipinski definition) is 2. The molecule has 13 heavy (non-hydrogen) atoms. The normalized spacial score (nSPS) is 9.23. The summed E-state index contributed by atoms with van der Waals surface area (Å²) in [6.45, 7) is 0. The van der Waals surface area contributed by atoms with Crippen LogP contribution in [0.25, 0.3) is 11.4 Å². The number of nitrogens with zero attached hydrogens (tertiary/aromatic N) is 2. The van der Waals surface area contributed by atoms with Crippen molar-refractivity contribution in [3.63, 3.8) is 0 Å². The minimum Gasteiger partial charge on any atom is -0.382 e. The van der Waals surface area contributed by atoms with Crippen molar-refractivity contribution in [3.05, 3.63) is 30.5 Å². The molecule has 68 valence electrons. The molecule has 0 saturated carbocycles. The zero-order valence-electron chi connectivity index (χ0n) is 6.77. The van der Waals surface area contributed by atoms with Crippen LogP contribution in [0, 0.1) is 0 Å². The van der Waals surface area contributed by atoms with Crippen molar-refractivity contribution in [3.8, 4) is 11.4 Å². The summed E-state index contributed by atoms with van der Waals surface area (Å²) in [6, 6.07) is 7.43. The van der Waals surface area contributed by atoms with Crippen LogP contribution in [0.3, 0.4) is 0 Å². The Bertz CT molecular complexity index is 371. The number of nitrogens with two attached hydrogens (primary N) is 1. The summed E-state index contributed by atoms with van der Waals surface area (Å²) in [7, 11) is 0. The van der Waals surface area contributed by atoms with Gasteiger partial charge in [0.25, 0.3) is 0 Å². The van der Waals surface area contributed by atoms with E-state index in [2.05, 4.69) is 15.2 Å². The molecule has 0 bridgehead atoms. The van der Waals surface area contributed by atoms with Gasteiger partial charge in [0, 0.05) is 12.3 Å². The van der Waals surface area contributed by atoms with Crippen LogP contribution in [0.1, 0.15) is 0 Å². The molecule has 2 rings (SSSR count). The molecule has 4 nitrogen and oxygen atoms in total. The Hall–Kier alpha value is -1.55. The fourth-order valence-corrected chi connectivity index (χ4v) is 0.991. The van der Waals surface area contributed by atoms with E-state index in [0.717, 1.165) is 11.4 Å². The van der Waals surface area contributed by atoms with Crippen LogP contribution in [0.5, 0.6) is 0 Å². The highest BCUT2D eigenvalue weighted by Gasteiger charge is 1.99. The molecule has 0 amide bonds. The van der Waals surface area contributed by atoms with E-state index in [1.807, 2.05) is 18.2 Å². The molecule has 0 spiro atoms. The number of aromatic nitrogens is 3. The standard InChI is InChI=1S/C8H8N4.ClH/c9-8-5-7(11-12-8)6-3-1-2-4-10-6;/h1-5H,(H3,9,11,12);1H. The molecule has 0 aromatic carbocycles. The second kappa shape index (κ2) is 3.91. The van der Waals surface area contributed by atoms with Crippen molar-refractivity contribution >= 4 is 18.2 Å². The average Bonchev–Trinajstić information content (AvgIpc) is 2.54. The maximum absolute atomic E-state index is 5.45. The van der Waals surface area contributed by atoms with Crippen LogP contribution in [0.4, 0.5) is 5.82 Å². The quantitative estimate of drug-likeness (QED) is 0.726. The number of hydrogen-bond acceptors (Lipinski definition) is 3. The third-order valence-electron chi connectivity index (χ3n) is 1.54. The van der Waals surface area contributed by atoms with Crippen LogP contribution in [-0.4, -0.2) is 15.2 Å². The lowest BCUT2D eigenvalue weighted by molar-refractivity contribution is 1.09. The molecule has 0 aliphatic rings. The Morgan fingerprint density at radius 1 is 1.31 bits per heavy atom. The van der Waals surface area contributed by atoms with Crippen molar-refractivity contribution < 1.29 is 0 Å². The van der Waals surface area contributed by atoms with E-state index in [4.69, 9.17) is 5.73 Å². The van der Waals surface area contributed by atoms with Gasteiger partial charge >= 0.3 is 0 Å². The lowest BCUT2D eigenvalue weighted by Crippen LogP contribution is -1.81. The second-order valence-electron chi connectivity index (χ2n) is 2.42.